The van der Waals surface area contributed by atoms with Crippen LogP contribution in [-0.2, 0) is 0 Å². The molecule has 4 heteroatoms. The normalized spacial score (nSPS) is 15.4. The Morgan fingerprint density at radius 3 is 2.90 bits per heavy atom. The zero-order valence-electron chi connectivity index (χ0n) is 11.9. The third-order valence-electron chi connectivity index (χ3n) is 4.04. The summed E-state index contributed by atoms with van der Waals surface area (Å²) in [6.45, 7) is 4.84. The molecule has 0 atom stereocenters. The molecule has 106 valence electrons. The predicted octanol–water partition coefficient (Wildman–Crippen LogP) is 1.59. The Bertz CT molecular complexity index is 551. The number of carbonyl (C=O) groups is 1. The van der Waals surface area contributed by atoms with Crippen molar-refractivity contribution in [2.75, 3.05) is 13.2 Å². The van der Waals surface area contributed by atoms with Crippen molar-refractivity contribution < 1.29 is 9.90 Å². The number of nitrogens with one attached hydrogen (secondary N) is 1. The van der Waals surface area contributed by atoms with Gasteiger partial charge in [-0.25, -0.2) is 4.98 Å². The number of aliphatic hydroxyl groups excluding tert-OH is 1. The molecule has 0 spiro atoms. The van der Waals surface area contributed by atoms with Crippen LogP contribution in [0.1, 0.15) is 42.7 Å². The molecule has 2 N–H and O–H groups in total. The van der Waals surface area contributed by atoms with Crippen LogP contribution >= 0.6 is 0 Å². The first-order valence-electron chi connectivity index (χ1n) is 6.92. The second-order valence-corrected chi connectivity index (χ2v) is 5.56. The molecule has 1 aromatic heterocycles. The maximum Gasteiger partial charge on any atom is 0.271 e. The van der Waals surface area contributed by atoms with Gasteiger partial charge in [0.25, 0.3) is 5.91 Å². The zero-order valence-corrected chi connectivity index (χ0v) is 11.9. The van der Waals surface area contributed by atoms with E-state index >= 15 is 0 Å². The van der Waals surface area contributed by atoms with E-state index in [9.17, 15) is 4.79 Å². The van der Waals surface area contributed by atoms with Crippen molar-refractivity contribution in [3.05, 3.63) is 29.6 Å². The number of hydrogen-bond donors (Lipinski definition) is 2. The highest BCUT2D eigenvalue weighted by molar-refractivity contribution is 5.94. The molecule has 1 heterocycles. The Balaban J connectivity index is 2.06. The number of aromatic nitrogens is 1. The van der Waals surface area contributed by atoms with Gasteiger partial charge < -0.3 is 10.4 Å². The highest BCUT2D eigenvalue weighted by atomic mass is 16.2. The predicted molar refractivity (Wildman–Crippen MR) is 77.0 cm³/mol. The summed E-state index contributed by atoms with van der Waals surface area (Å²) in [5.41, 5.74) is 1.14. The summed E-state index contributed by atoms with van der Waals surface area (Å²) in [7, 11) is 0. The van der Waals surface area contributed by atoms with E-state index in [1.165, 1.54) is 12.8 Å². The number of pyridine rings is 1. The maximum absolute atomic E-state index is 12.2. The molecule has 0 unspecified atom stereocenters. The molecule has 20 heavy (non-hydrogen) atoms. The van der Waals surface area contributed by atoms with Crippen LogP contribution in [0.4, 0.5) is 0 Å². The Morgan fingerprint density at radius 1 is 1.55 bits per heavy atom. The van der Waals surface area contributed by atoms with Gasteiger partial charge in [-0.2, -0.15) is 0 Å². The quantitative estimate of drug-likeness (QED) is 0.818. The van der Waals surface area contributed by atoms with Gasteiger partial charge in [-0.3, -0.25) is 4.79 Å². The van der Waals surface area contributed by atoms with Crippen LogP contribution in [0.3, 0.4) is 0 Å². The lowest BCUT2D eigenvalue weighted by molar-refractivity contribution is 0.0934. The Morgan fingerprint density at radius 2 is 2.30 bits per heavy atom. The van der Waals surface area contributed by atoms with Gasteiger partial charge in [0.05, 0.1) is 5.56 Å². The Labute approximate surface area is 119 Å². The smallest absolute Gasteiger partial charge is 0.271 e. The molecule has 0 radical (unpaired) electrons. The lowest BCUT2D eigenvalue weighted by Gasteiger charge is -2.19. The lowest BCUT2D eigenvalue weighted by Crippen LogP contribution is -2.33. The SMILES string of the molecule is CC(C)C1(CNC(=O)c2ncccc2C#CCO)CC1. The van der Waals surface area contributed by atoms with E-state index in [-0.39, 0.29) is 17.9 Å². The van der Waals surface area contributed by atoms with Gasteiger partial charge in [0.15, 0.2) is 0 Å². The van der Waals surface area contributed by atoms with Crippen molar-refractivity contribution in [1.29, 1.82) is 0 Å². The third kappa shape index (κ3) is 3.17. The van der Waals surface area contributed by atoms with E-state index in [2.05, 4.69) is 36.0 Å². The number of nitrogens with zero attached hydrogens (tertiary/aromatic N) is 1. The van der Waals surface area contributed by atoms with Crippen molar-refractivity contribution in [2.45, 2.75) is 26.7 Å². The molecule has 4 nitrogen and oxygen atoms in total. The summed E-state index contributed by atoms with van der Waals surface area (Å²) < 4.78 is 0. The van der Waals surface area contributed by atoms with Crippen molar-refractivity contribution in [2.24, 2.45) is 11.3 Å². The minimum Gasteiger partial charge on any atom is -0.384 e. The first kappa shape index (κ1) is 14.5. The topological polar surface area (TPSA) is 62.2 Å². The number of aliphatic hydroxyl groups is 1. The molecular weight excluding hydrogens is 252 g/mol. The summed E-state index contributed by atoms with van der Waals surface area (Å²) in [5.74, 6) is 5.68. The van der Waals surface area contributed by atoms with Crippen LogP contribution in [-0.4, -0.2) is 29.1 Å². The van der Waals surface area contributed by atoms with Gasteiger partial charge in [0.2, 0.25) is 0 Å². The van der Waals surface area contributed by atoms with E-state index in [1.54, 1.807) is 18.3 Å². The second kappa shape index (κ2) is 6.06. The molecule has 0 aromatic carbocycles. The van der Waals surface area contributed by atoms with Crippen molar-refractivity contribution >= 4 is 5.91 Å². The largest absolute Gasteiger partial charge is 0.384 e. The highest BCUT2D eigenvalue weighted by Crippen LogP contribution is 2.51. The van der Waals surface area contributed by atoms with Crippen molar-refractivity contribution in [3.63, 3.8) is 0 Å². The molecule has 1 aromatic rings. The second-order valence-electron chi connectivity index (χ2n) is 5.56. The van der Waals surface area contributed by atoms with E-state index in [0.717, 1.165) is 0 Å². The summed E-state index contributed by atoms with van der Waals surface area (Å²) in [4.78, 5) is 16.3. The fourth-order valence-electron chi connectivity index (χ4n) is 2.28. The lowest BCUT2D eigenvalue weighted by atomic mass is 9.92. The molecule has 1 aliphatic carbocycles. The number of hydrogen-bond acceptors (Lipinski definition) is 3. The van der Waals surface area contributed by atoms with E-state index in [4.69, 9.17) is 5.11 Å². The average Bonchev–Trinajstić information content (AvgIpc) is 3.24. The van der Waals surface area contributed by atoms with Gasteiger partial charge in [-0.1, -0.05) is 25.7 Å². The average molecular weight is 272 g/mol. The van der Waals surface area contributed by atoms with Gasteiger partial charge in [0, 0.05) is 12.7 Å². The Kier molecular flexibility index (Phi) is 4.41. The molecule has 0 aliphatic heterocycles. The standard InChI is InChI=1S/C16H20N2O2/c1-12(2)16(7-8-16)11-18-15(20)14-13(6-4-10-19)5-3-9-17-14/h3,5,9,12,19H,7-8,10-11H2,1-2H3,(H,18,20). The molecule has 1 amide bonds. The molecule has 1 fully saturated rings. The molecule has 2 rings (SSSR count). The maximum atomic E-state index is 12.2. The minimum absolute atomic E-state index is 0.195. The summed E-state index contributed by atoms with van der Waals surface area (Å²) in [6, 6.07) is 3.47. The third-order valence-corrected chi connectivity index (χ3v) is 4.04. The number of rotatable bonds is 4. The van der Waals surface area contributed by atoms with Gasteiger partial charge in [-0.05, 0) is 36.3 Å². The highest BCUT2D eigenvalue weighted by Gasteiger charge is 2.45. The molecule has 0 bridgehead atoms. The van der Waals surface area contributed by atoms with E-state index < -0.39 is 0 Å². The van der Waals surface area contributed by atoms with Crippen LogP contribution in [0.25, 0.3) is 0 Å². The van der Waals surface area contributed by atoms with Gasteiger partial charge in [0.1, 0.15) is 12.3 Å². The van der Waals surface area contributed by atoms with Crippen LogP contribution in [0, 0.1) is 23.2 Å². The van der Waals surface area contributed by atoms with Crippen LogP contribution in [0.5, 0.6) is 0 Å². The van der Waals surface area contributed by atoms with Crippen molar-refractivity contribution in [3.8, 4) is 11.8 Å². The first-order chi connectivity index (χ1) is 9.59. The van der Waals surface area contributed by atoms with Crippen LogP contribution in [0.2, 0.25) is 0 Å². The van der Waals surface area contributed by atoms with E-state index in [0.29, 0.717) is 23.7 Å². The molecule has 0 saturated heterocycles. The van der Waals surface area contributed by atoms with Crippen molar-refractivity contribution in [1.82, 2.24) is 10.3 Å². The van der Waals surface area contributed by atoms with Gasteiger partial charge >= 0.3 is 0 Å². The van der Waals surface area contributed by atoms with E-state index in [1.807, 2.05) is 0 Å². The minimum atomic E-state index is -0.230. The number of amides is 1. The number of carbonyl (C=O) groups excluding carboxylic acids is 1. The molecule has 1 saturated carbocycles. The summed E-state index contributed by atoms with van der Waals surface area (Å²) in [6.07, 6.45) is 3.92. The fourth-order valence-corrected chi connectivity index (χ4v) is 2.28. The summed E-state index contributed by atoms with van der Waals surface area (Å²) in [5, 5.41) is 11.7. The summed E-state index contributed by atoms with van der Waals surface area (Å²) >= 11 is 0. The zero-order chi connectivity index (χ0) is 14.6. The van der Waals surface area contributed by atoms with Gasteiger partial charge in [-0.15, -0.1) is 0 Å². The Hall–Kier alpha value is -1.86. The first-order valence-corrected chi connectivity index (χ1v) is 6.92. The van der Waals surface area contributed by atoms with Crippen LogP contribution in [0.15, 0.2) is 18.3 Å². The molecule has 1 aliphatic rings. The molecular formula is C16H20N2O2. The fraction of sp³-hybridized carbons (Fsp3) is 0.500. The monoisotopic (exact) mass is 272 g/mol. The van der Waals surface area contributed by atoms with Crippen LogP contribution < -0.4 is 5.32 Å².